The van der Waals surface area contributed by atoms with Gasteiger partial charge in [-0.05, 0) is 42.0 Å². The Hall–Kier alpha value is -2.50. The van der Waals surface area contributed by atoms with E-state index in [1.54, 1.807) is 43.5 Å². The third-order valence-corrected chi connectivity index (χ3v) is 3.58. The van der Waals surface area contributed by atoms with E-state index in [-0.39, 0.29) is 10.6 Å². The third kappa shape index (κ3) is 5.01. The lowest BCUT2D eigenvalue weighted by atomic mass is 10.2. The first-order valence-electron chi connectivity index (χ1n) is 6.87. The monoisotopic (exact) mass is 364 g/mol. The van der Waals surface area contributed by atoms with Crippen LogP contribution in [0.1, 0.15) is 15.9 Å². The molecule has 0 fully saturated rings. The highest BCUT2D eigenvalue weighted by molar-refractivity contribution is 6.35. The molecule has 0 unspecified atom stereocenters. The summed E-state index contributed by atoms with van der Waals surface area (Å²) in [4.78, 5) is 23.7. The van der Waals surface area contributed by atoms with Gasteiger partial charge in [-0.25, -0.2) is 0 Å². The van der Waals surface area contributed by atoms with Gasteiger partial charge < -0.3 is 4.74 Å². The minimum Gasteiger partial charge on any atom is -0.497 e. The van der Waals surface area contributed by atoms with Crippen LogP contribution < -0.4 is 15.6 Å². The molecule has 2 aromatic rings. The van der Waals surface area contributed by atoms with E-state index in [1.807, 2.05) is 0 Å². The maximum atomic E-state index is 12.0. The van der Waals surface area contributed by atoms with Crippen LogP contribution in [0, 0.1) is 0 Å². The van der Waals surface area contributed by atoms with Gasteiger partial charge in [0.15, 0.2) is 0 Å². The molecule has 24 heavy (non-hydrogen) atoms. The molecule has 0 saturated heterocycles. The second-order valence-corrected chi connectivity index (χ2v) is 5.52. The summed E-state index contributed by atoms with van der Waals surface area (Å²) in [6.07, 6.45) is 2.90. The number of ether oxygens (including phenoxy) is 1. The van der Waals surface area contributed by atoms with E-state index >= 15 is 0 Å². The summed E-state index contributed by atoms with van der Waals surface area (Å²) in [5, 5.41) is 0.607. The lowest BCUT2D eigenvalue weighted by molar-refractivity contribution is -0.117. The van der Waals surface area contributed by atoms with E-state index in [4.69, 9.17) is 27.9 Å². The molecule has 2 rings (SSSR count). The topological polar surface area (TPSA) is 67.4 Å². The number of carbonyl (C=O) groups is 2. The van der Waals surface area contributed by atoms with Crippen molar-refractivity contribution >= 4 is 41.1 Å². The standard InChI is InChI=1S/C17H14Cl2N2O3/c1-24-13-6-2-11(3-7-13)4-9-16(22)20-21-17(23)14-10-12(18)5-8-15(14)19/h2-10H,1H3,(H,20,22)(H,21,23)/b9-4+. The number of hydrazine groups is 1. The number of amides is 2. The zero-order valence-corrected chi connectivity index (χ0v) is 14.2. The Morgan fingerprint density at radius 2 is 1.75 bits per heavy atom. The van der Waals surface area contributed by atoms with Gasteiger partial charge >= 0.3 is 0 Å². The molecular weight excluding hydrogens is 351 g/mol. The number of hydrogen-bond acceptors (Lipinski definition) is 3. The Morgan fingerprint density at radius 3 is 2.42 bits per heavy atom. The Labute approximate surface area is 149 Å². The predicted molar refractivity (Wildman–Crippen MR) is 94.1 cm³/mol. The minimum absolute atomic E-state index is 0.170. The average Bonchev–Trinajstić information content (AvgIpc) is 2.60. The summed E-state index contributed by atoms with van der Waals surface area (Å²) >= 11 is 11.7. The van der Waals surface area contributed by atoms with Gasteiger partial charge in [0.05, 0.1) is 17.7 Å². The highest BCUT2D eigenvalue weighted by Gasteiger charge is 2.11. The fourth-order valence-electron chi connectivity index (χ4n) is 1.79. The van der Waals surface area contributed by atoms with Crippen molar-refractivity contribution in [2.75, 3.05) is 7.11 Å². The maximum Gasteiger partial charge on any atom is 0.271 e. The Balaban J connectivity index is 1.91. The van der Waals surface area contributed by atoms with Gasteiger partial charge in [-0.2, -0.15) is 0 Å². The molecule has 0 aromatic heterocycles. The van der Waals surface area contributed by atoms with Crippen molar-refractivity contribution in [1.29, 1.82) is 0 Å². The van der Waals surface area contributed by atoms with Crippen molar-refractivity contribution in [3.8, 4) is 5.75 Å². The van der Waals surface area contributed by atoms with Gasteiger partial charge in [-0.3, -0.25) is 20.4 Å². The Kier molecular flexibility index (Phi) is 6.23. The first-order chi connectivity index (χ1) is 11.5. The molecule has 0 aliphatic heterocycles. The normalized spacial score (nSPS) is 10.5. The second-order valence-electron chi connectivity index (χ2n) is 4.67. The molecule has 2 amide bonds. The SMILES string of the molecule is COc1ccc(/C=C/C(=O)NNC(=O)c2cc(Cl)ccc2Cl)cc1. The number of rotatable bonds is 4. The predicted octanol–water partition coefficient (Wildman–Crippen LogP) is 3.48. The molecule has 5 nitrogen and oxygen atoms in total. The number of carbonyl (C=O) groups excluding carboxylic acids is 2. The van der Waals surface area contributed by atoms with Gasteiger partial charge in [0, 0.05) is 11.1 Å². The summed E-state index contributed by atoms with van der Waals surface area (Å²) in [6.45, 7) is 0. The van der Waals surface area contributed by atoms with Crippen molar-refractivity contribution in [1.82, 2.24) is 10.9 Å². The van der Waals surface area contributed by atoms with Crippen LogP contribution in [0.2, 0.25) is 10.0 Å². The zero-order valence-electron chi connectivity index (χ0n) is 12.7. The highest BCUT2D eigenvalue weighted by Crippen LogP contribution is 2.20. The van der Waals surface area contributed by atoms with Gasteiger partial charge in [-0.1, -0.05) is 35.3 Å². The van der Waals surface area contributed by atoms with Crippen LogP contribution in [0.15, 0.2) is 48.5 Å². The van der Waals surface area contributed by atoms with Crippen LogP contribution in [-0.4, -0.2) is 18.9 Å². The molecule has 7 heteroatoms. The molecule has 0 aliphatic rings. The fourth-order valence-corrected chi connectivity index (χ4v) is 2.16. The van der Waals surface area contributed by atoms with E-state index < -0.39 is 11.8 Å². The maximum absolute atomic E-state index is 12.0. The number of halogens is 2. The molecule has 0 heterocycles. The minimum atomic E-state index is -0.561. The van der Waals surface area contributed by atoms with E-state index in [0.29, 0.717) is 5.02 Å². The van der Waals surface area contributed by atoms with Crippen LogP contribution in [0.3, 0.4) is 0 Å². The van der Waals surface area contributed by atoms with Crippen molar-refractivity contribution in [2.24, 2.45) is 0 Å². The number of methoxy groups -OCH3 is 1. The quantitative estimate of drug-likeness (QED) is 0.644. The summed E-state index contributed by atoms with van der Waals surface area (Å²) in [5.74, 6) is -0.326. The lowest BCUT2D eigenvalue weighted by Crippen LogP contribution is -2.40. The number of hydrogen-bond donors (Lipinski definition) is 2. The lowest BCUT2D eigenvalue weighted by Gasteiger charge is -2.07. The smallest absolute Gasteiger partial charge is 0.271 e. The van der Waals surface area contributed by atoms with Crippen molar-refractivity contribution in [2.45, 2.75) is 0 Å². The third-order valence-electron chi connectivity index (χ3n) is 3.02. The van der Waals surface area contributed by atoms with E-state index in [0.717, 1.165) is 11.3 Å². The molecule has 0 aliphatic carbocycles. The number of benzene rings is 2. The second kappa shape index (κ2) is 8.38. The van der Waals surface area contributed by atoms with Crippen LogP contribution in [0.4, 0.5) is 0 Å². The molecule has 0 radical (unpaired) electrons. The van der Waals surface area contributed by atoms with E-state index in [9.17, 15) is 9.59 Å². The van der Waals surface area contributed by atoms with Crippen molar-refractivity contribution in [3.63, 3.8) is 0 Å². The molecular formula is C17H14Cl2N2O3. The summed E-state index contributed by atoms with van der Waals surface area (Å²) < 4.78 is 5.05. The molecule has 0 spiro atoms. The van der Waals surface area contributed by atoms with Crippen LogP contribution in [-0.2, 0) is 4.79 Å². The highest BCUT2D eigenvalue weighted by atomic mass is 35.5. The Bertz CT molecular complexity index is 774. The molecule has 0 atom stereocenters. The zero-order chi connectivity index (χ0) is 17.5. The van der Waals surface area contributed by atoms with Crippen LogP contribution in [0.5, 0.6) is 5.75 Å². The summed E-state index contributed by atoms with van der Waals surface area (Å²) in [5.41, 5.74) is 5.52. The van der Waals surface area contributed by atoms with E-state index in [2.05, 4.69) is 10.9 Å². The average molecular weight is 365 g/mol. The van der Waals surface area contributed by atoms with Gasteiger partial charge in [0.2, 0.25) is 0 Å². The Morgan fingerprint density at radius 1 is 1.04 bits per heavy atom. The molecule has 0 bridgehead atoms. The number of nitrogens with one attached hydrogen (secondary N) is 2. The van der Waals surface area contributed by atoms with Gasteiger partial charge in [0.25, 0.3) is 11.8 Å². The first kappa shape index (κ1) is 17.8. The van der Waals surface area contributed by atoms with Gasteiger partial charge in [0.1, 0.15) is 5.75 Å². The van der Waals surface area contributed by atoms with Crippen LogP contribution >= 0.6 is 23.2 Å². The summed E-state index contributed by atoms with van der Waals surface area (Å²) in [7, 11) is 1.58. The largest absolute Gasteiger partial charge is 0.497 e. The molecule has 124 valence electrons. The first-order valence-corrected chi connectivity index (χ1v) is 7.62. The molecule has 2 N–H and O–H groups in total. The molecule has 0 saturated carbocycles. The van der Waals surface area contributed by atoms with Crippen LogP contribution in [0.25, 0.3) is 6.08 Å². The van der Waals surface area contributed by atoms with Gasteiger partial charge in [-0.15, -0.1) is 0 Å². The van der Waals surface area contributed by atoms with E-state index in [1.165, 1.54) is 18.2 Å². The van der Waals surface area contributed by atoms with Crippen molar-refractivity contribution < 1.29 is 14.3 Å². The molecule has 2 aromatic carbocycles. The van der Waals surface area contributed by atoms with Crippen molar-refractivity contribution in [3.05, 3.63) is 69.7 Å². The summed E-state index contributed by atoms with van der Waals surface area (Å²) in [6, 6.07) is 11.6. The fraction of sp³-hybridized carbons (Fsp3) is 0.0588.